The molecule has 0 amide bonds. The Labute approximate surface area is 309 Å². The van der Waals surface area contributed by atoms with E-state index in [0.717, 1.165) is 25.7 Å². The number of carbonyl (C=O) groups is 3. The standard InChI is InChI=1S/C37H56O16/c1-5-6-7-8-12-15-23(33(43)44)49-31-27(40)25(18-38)51-37(32(31)52-35(46)21-13-10-9-11-14-21)50-24-17-22(34(45)47-4)16-19(2)30(24)53-36-29(42)28(41)26(39)20(3)48-36/h9-11,13-14,19-20,22-32,36-42H,5-8,12,15-18H2,1-4H3,(H,43,44)/t19?,20?,22?,23-,24+,25?,26+,27-,28?,29?,30?,31?,32?,36-,37+/m0/s1. The van der Waals surface area contributed by atoms with Gasteiger partial charge in [-0.3, -0.25) is 4.79 Å². The van der Waals surface area contributed by atoms with Gasteiger partial charge in [-0.05, 0) is 44.2 Å². The third kappa shape index (κ3) is 10.9. The lowest BCUT2D eigenvalue weighted by Crippen LogP contribution is -2.64. The van der Waals surface area contributed by atoms with Gasteiger partial charge < -0.3 is 63.8 Å². The maximum atomic E-state index is 13.5. The summed E-state index contributed by atoms with van der Waals surface area (Å²) in [7, 11) is 1.24. The fourth-order valence-electron chi connectivity index (χ4n) is 7.20. The largest absolute Gasteiger partial charge is 0.479 e. The van der Waals surface area contributed by atoms with Gasteiger partial charge >= 0.3 is 17.9 Å². The average molecular weight is 757 g/mol. The number of hydrogen-bond acceptors (Lipinski definition) is 15. The van der Waals surface area contributed by atoms with Crippen LogP contribution in [0.5, 0.6) is 0 Å². The highest BCUT2D eigenvalue weighted by Crippen LogP contribution is 2.39. The van der Waals surface area contributed by atoms with Gasteiger partial charge in [0.05, 0.1) is 43.5 Å². The van der Waals surface area contributed by atoms with Gasteiger partial charge in [-0.25, -0.2) is 9.59 Å². The number of aliphatic hydroxyl groups excluding tert-OH is 5. The molecule has 0 aromatic heterocycles. The van der Waals surface area contributed by atoms with Crippen LogP contribution in [0.15, 0.2) is 30.3 Å². The van der Waals surface area contributed by atoms with Crippen LogP contribution in [-0.2, 0) is 42.7 Å². The number of carbonyl (C=O) groups excluding carboxylic acids is 2. The number of methoxy groups -OCH3 is 1. The van der Waals surface area contributed by atoms with E-state index in [1.807, 2.05) is 0 Å². The van der Waals surface area contributed by atoms with E-state index in [2.05, 4.69) is 6.92 Å². The molecule has 0 radical (unpaired) electrons. The first-order valence-electron chi connectivity index (χ1n) is 18.5. The first-order chi connectivity index (χ1) is 25.3. The molecule has 2 heterocycles. The van der Waals surface area contributed by atoms with E-state index in [1.165, 1.54) is 26.2 Å². The average Bonchev–Trinajstić information content (AvgIpc) is 3.15. The molecule has 3 aliphatic rings. The van der Waals surface area contributed by atoms with Crippen molar-refractivity contribution >= 4 is 17.9 Å². The van der Waals surface area contributed by atoms with Crippen molar-refractivity contribution in [3.8, 4) is 0 Å². The molecule has 16 nitrogen and oxygen atoms in total. The van der Waals surface area contributed by atoms with Gasteiger partial charge in [-0.2, -0.15) is 0 Å². The second kappa shape index (κ2) is 20.2. The number of benzene rings is 1. The Kier molecular flexibility index (Phi) is 16.4. The van der Waals surface area contributed by atoms with Crippen LogP contribution in [-0.4, -0.2) is 142 Å². The van der Waals surface area contributed by atoms with Gasteiger partial charge in [-0.15, -0.1) is 0 Å². The quantitative estimate of drug-likeness (QED) is 0.0971. The van der Waals surface area contributed by atoms with Gasteiger partial charge in [0.1, 0.15) is 36.6 Å². The summed E-state index contributed by atoms with van der Waals surface area (Å²) in [6.07, 6.45) is -13.8. The minimum atomic E-state index is -1.67. The summed E-state index contributed by atoms with van der Waals surface area (Å²) in [5, 5.41) is 63.3. The van der Waals surface area contributed by atoms with Crippen LogP contribution in [0.25, 0.3) is 0 Å². The Morgan fingerprint density at radius 1 is 0.830 bits per heavy atom. The topological polar surface area (TPSA) is 237 Å². The van der Waals surface area contributed by atoms with E-state index in [9.17, 15) is 45.0 Å². The monoisotopic (exact) mass is 756 g/mol. The van der Waals surface area contributed by atoms with Crippen molar-refractivity contribution in [1.82, 2.24) is 0 Å². The van der Waals surface area contributed by atoms with Crippen LogP contribution in [0.2, 0.25) is 0 Å². The first kappa shape index (κ1) is 43.0. The molecule has 2 saturated heterocycles. The van der Waals surface area contributed by atoms with E-state index in [-0.39, 0.29) is 24.8 Å². The molecule has 0 spiro atoms. The molecule has 2 aliphatic heterocycles. The van der Waals surface area contributed by atoms with Crippen molar-refractivity contribution in [3.63, 3.8) is 0 Å². The summed E-state index contributed by atoms with van der Waals surface area (Å²) < 4.78 is 41.4. The number of carboxylic acid groups (broad SMARTS) is 1. The zero-order chi connectivity index (χ0) is 38.8. The molecular weight excluding hydrogens is 700 g/mol. The number of esters is 2. The Hall–Kier alpha value is -2.77. The molecule has 15 atom stereocenters. The van der Waals surface area contributed by atoms with Crippen molar-refractivity contribution < 1.29 is 78.2 Å². The van der Waals surface area contributed by atoms with E-state index in [1.54, 1.807) is 25.1 Å². The van der Waals surface area contributed by atoms with Gasteiger partial charge in [0, 0.05) is 0 Å². The molecule has 53 heavy (non-hydrogen) atoms. The zero-order valence-electron chi connectivity index (χ0n) is 30.7. The number of aliphatic hydroxyl groups is 5. The molecule has 0 bridgehead atoms. The van der Waals surface area contributed by atoms with Crippen LogP contribution in [0.1, 0.15) is 82.5 Å². The summed E-state index contributed by atoms with van der Waals surface area (Å²) in [5.41, 5.74) is 0.131. The molecule has 9 unspecified atom stereocenters. The number of carboxylic acids is 1. The van der Waals surface area contributed by atoms with E-state index >= 15 is 0 Å². The molecule has 3 fully saturated rings. The highest BCUT2D eigenvalue weighted by atomic mass is 16.7. The fraction of sp³-hybridized carbons (Fsp3) is 0.757. The Morgan fingerprint density at radius 2 is 1.53 bits per heavy atom. The Balaban J connectivity index is 1.69. The third-order valence-corrected chi connectivity index (χ3v) is 10.3. The second-order valence-electron chi connectivity index (χ2n) is 14.2. The van der Waals surface area contributed by atoms with Crippen molar-refractivity contribution in [3.05, 3.63) is 35.9 Å². The number of aliphatic carboxylic acids is 1. The fourth-order valence-corrected chi connectivity index (χ4v) is 7.20. The van der Waals surface area contributed by atoms with Crippen LogP contribution in [0.3, 0.4) is 0 Å². The smallest absolute Gasteiger partial charge is 0.338 e. The van der Waals surface area contributed by atoms with E-state index in [0.29, 0.717) is 6.42 Å². The molecule has 4 rings (SSSR count). The number of rotatable bonds is 17. The van der Waals surface area contributed by atoms with Crippen LogP contribution in [0.4, 0.5) is 0 Å². The summed E-state index contributed by atoms with van der Waals surface area (Å²) in [4.78, 5) is 38.8. The highest BCUT2D eigenvalue weighted by Gasteiger charge is 2.53. The zero-order valence-corrected chi connectivity index (χ0v) is 30.7. The second-order valence-corrected chi connectivity index (χ2v) is 14.2. The molecule has 1 aromatic carbocycles. The van der Waals surface area contributed by atoms with Crippen molar-refractivity contribution in [2.45, 2.75) is 152 Å². The van der Waals surface area contributed by atoms with E-state index < -0.39 is 116 Å². The molecule has 300 valence electrons. The maximum absolute atomic E-state index is 13.5. The molecule has 1 aromatic rings. The Bertz CT molecular complexity index is 1300. The molecule has 1 aliphatic carbocycles. The van der Waals surface area contributed by atoms with Crippen molar-refractivity contribution in [2.24, 2.45) is 11.8 Å². The third-order valence-electron chi connectivity index (χ3n) is 10.3. The van der Waals surface area contributed by atoms with Crippen molar-refractivity contribution in [1.29, 1.82) is 0 Å². The predicted molar refractivity (Wildman–Crippen MR) is 183 cm³/mol. The Morgan fingerprint density at radius 3 is 2.17 bits per heavy atom. The summed E-state index contributed by atoms with van der Waals surface area (Å²) in [5.74, 6) is -3.87. The minimum Gasteiger partial charge on any atom is -0.479 e. The van der Waals surface area contributed by atoms with E-state index in [4.69, 9.17) is 33.2 Å². The number of unbranched alkanes of at least 4 members (excludes halogenated alkanes) is 4. The SMILES string of the molecule is CCCCCCC[C@H](OC1C(OC(=O)c2ccccc2)[C@H](O[C@@H]2CC(C(=O)OC)CC(C)C2O[C@@H]2OC(C)[C@@H](O)C(O)C2O)OC(CO)[C@@H]1O)C(=O)O. The first-order valence-corrected chi connectivity index (χ1v) is 18.5. The van der Waals surface area contributed by atoms with Gasteiger partial charge in [0.15, 0.2) is 24.8 Å². The number of ether oxygens (including phenoxy) is 7. The molecule has 6 N–H and O–H groups in total. The van der Waals surface area contributed by atoms with Crippen LogP contribution in [0, 0.1) is 11.8 Å². The molecular formula is C37H56O16. The van der Waals surface area contributed by atoms with Crippen LogP contribution >= 0.6 is 0 Å². The summed E-state index contributed by atoms with van der Waals surface area (Å²) >= 11 is 0. The van der Waals surface area contributed by atoms with Gasteiger partial charge in [-0.1, -0.05) is 64.2 Å². The normalized spacial score (nSPS) is 36.7. The van der Waals surface area contributed by atoms with Gasteiger partial charge in [0.2, 0.25) is 0 Å². The lowest BCUT2D eigenvalue weighted by atomic mass is 9.78. The number of hydrogen-bond donors (Lipinski definition) is 6. The minimum absolute atomic E-state index is 0.0299. The molecule has 1 saturated carbocycles. The summed E-state index contributed by atoms with van der Waals surface area (Å²) in [6, 6.07) is 7.92. The predicted octanol–water partition coefficient (Wildman–Crippen LogP) is 1.31. The van der Waals surface area contributed by atoms with Crippen molar-refractivity contribution in [2.75, 3.05) is 13.7 Å². The molecule has 16 heteroatoms. The van der Waals surface area contributed by atoms with Crippen LogP contribution < -0.4 is 0 Å². The van der Waals surface area contributed by atoms with Gasteiger partial charge in [0.25, 0.3) is 0 Å². The lowest BCUT2D eigenvalue weighted by Gasteiger charge is -2.48. The lowest BCUT2D eigenvalue weighted by molar-refractivity contribution is -0.349. The summed E-state index contributed by atoms with van der Waals surface area (Å²) in [6.45, 7) is 4.57. The maximum Gasteiger partial charge on any atom is 0.338 e. The highest BCUT2D eigenvalue weighted by molar-refractivity contribution is 5.89.